The number of benzene rings is 1. The van der Waals surface area contributed by atoms with E-state index in [9.17, 15) is 4.79 Å². The SMILES string of the molecule is CC(=O)NC[C@H]1Cn2c(-c3ccccc3)cnc2CO1. The molecule has 5 heteroatoms. The highest BCUT2D eigenvalue weighted by molar-refractivity contribution is 5.72. The van der Waals surface area contributed by atoms with Crippen molar-refractivity contribution in [1.29, 1.82) is 0 Å². The number of nitrogens with zero attached hydrogens (tertiary/aromatic N) is 2. The van der Waals surface area contributed by atoms with Crippen LogP contribution in [0.2, 0.25) is 0 Å². The highest BCUT2D eigenvalue weighted by Gasteiger charge is 2.22. The fraction of sp³-hybridized carbons (Fsp3) is 0.333. The normalized spacial score (nSPS) is 17.6. The van der Waals surface area contributed by atoms with Crippen LogP contribution in [-0.2, 0) is 22.7 Å². The standard InChI is InChI=1S/C15H17N3O2/c1-11(19)16-7-13-9-18-14(8-17-15(18)10-20-13)12-5-3-2-4-6-12/h2-6,8,13H,7,9-10H2,1H3,(H,16,19)/t13-/m0/s1. The average molecular weight is 271 g/mol. The van der Waals surface area contributed by atoms with Crippen LogP contribution < -0.4 is 5.32 Å². The summed E-state index contributed by atoms with van der Waals surface area (Å²) in [7, 11) is 0. The van der Waals surface area contributed by atoms with Gasteiger partial charge in [0.2, 0.25) is 5.91 Å². The summed E-state index contributed by atoms with van der Waals surface area (Å²) in [5.41, 5.74) is 2.24. The van der Waals surface area contributed by atoms with Crippen molar-refractivity contribution in [2.45, 2.75) is 26.2 Å². The van der Waals surface area contributed by atoms with Gasteiger partial charge in [-0.05, 0) is 5.56 Å². The monoisotopic (exact) mass is 271 g/mol. The Labute approximate surface area is 117 Å². The summed E-state index contributed by atoms with van der Waals surface area (Å²) in [6.07, 6.45) is 1.87. The molecule has 1 N–H and O–H groups in total. The van der Waals surface area contributed by atoms with Gasteiger partial charge >= 0.3 is 0 Å². The quantitative estimate of drug-likeness (QED) is 0.922. The highest BCUT2D eigenvalue weighted by Crippen LogP contribution is 2.24. The van der Waals surface area contributed by atoms with Crippen LogP contribution in [0.15, 0.2) is 36.5 Å². The van der Waals surface area contributed by atoms with Crippen molar-refractivity contribution in [1.82, 2.24) is 14.9 Å². The Hall–Kier alpha value is -2.14. The Morgan fingerprint density at radius 2 is 2.25 bits per heavy atom. The van der Waals surface area contributed by atoms with E-state index >= 15 is 0 Å². The summed E-state index contributed by atoms with van der Waals surface area (Å²) in [5.74, 6) is 0.899. The number of fused-ring (bicyclic) bond motifs is 1. The van der Waals surface area contributed by atoms with Gasteiger partial charge in [-0.25, -0.2) is 4.98 Å². The topological polar surface area (TPSA) is 56.2 Å². The molecule has 20 heavy (non-hydrogen) atoms. The predicted molar refractivity (Wildman–Crippen MR) is 74.9 cm³/mol. The summed E-state index contributed by atoms with van der Waals surface area (Å²) >= 11 is 0. The van der Waals surface area contributed by atoms with E-state index in [1.54, 1.807) is 0 Å². The summed E-state index contributed by atoms with van der Waals surface area (Å²) in [5, 5.41) is 2.80. The molecule has 2 heterocycles. The van der Waals surface area contributed by atoms with Crippen LogP contribution in [0.3, 0.4) is 0 Å². The molecule has 0 unspecified atom stereocenters. The first-order valence-electron chi connectivity index (χ1n) is 6.70. The molecule has 0 saturated carbocycles. The number of nitrogens with one attached hydrogen (secondary N) is 1. The van der Waals surface area contributed by atoms with Crippen molar-refractivity contribution >= 4 is 5.91 Å². The molecular formula is C15H17N3O2. The molecule has 1 atom stereocenters. The fourth-order valence-corrected chi connectivity index (χ4v) is 2.40. The van der Waals surface area contributed by atoms with Crippen LogP contribution in [0.25, 0.3) is 11.3 Å². The second-order valence-electron chi connectivity index (χ2n) is 4.91. The fourth-order valence-electron chi connectivity index (χ4n) is 2.40. The molecule has 1 aliphatic rings. The first-order valence-corrected chi connectivity index (χ1v) is 6.70. The van der Waals surface area contributed by atoms with Crippen LogP contribution >= 0.6 is 0 Å². The molecule has 104 valence electrons. The average Bonchev–Trinajstić information content (AvgIpc) is 2.89. The highest BCUT2D eigenvalue weighted by atomic mass is 16.5. The number of imidazole rings is 1. The van der Waals surface area contributed by atoms with Crippen LogP contribution in [0.4, 0.5) is 0 Å². The molecule has 2 aromatic rings. The van der Waals surface area contributed by atoms with E-state index in [2.05, 4.69) is 27.0 Å². The molecule has 3 rings (SSSR count). The Morgan fingerprint density at radius 3 is 3.00 bits per heavy atom. The van der Waals surface area contributed by atoms with Gasteiger partial charge in [-0.2, -0.15) is 0 Å². The van der Waals surface area contributed by atoms with E-state index in [-0.39, 0.29) is 12.0 Å². The number of hydrogen-bond acceptors (Lipinski definition) is 3. The van der Waals surface area contributed by atoms with E-state index in [1.165, 1.54) is 6.92 Å². The third kappa shape index (κ3) is 2.58. The number of hydrogen-bond donors (Lipinski definition) is 1. The second kappa shape index (κ2) is 5.46. The van der Waals surface area contributed by atoms with Gasteiger partial charge in [-0.1, -0.05) is 30.3 Å². The maximum atomic E-state index is 11.0. The van der Waals surface area contributed by atoms with Crippen LogP contribution in [0.5, 0.6) is 0 Å². The van der Waals surface area contributed by atoms with Crippen molar-refractivity contribution in [3.05, 3.63) is 42.4 Å². The van der Waals surface area contributed by atoms with E-state index in [0.717, 1.165) is 17.1 Å². The minimum atomic E-state index is -0.0340. The van der Waals surface area contributed by atoms with Gasteiger partial charge in [0.1, 0.15) is 12.4 Å². The maximum Gasteiger partial charge on any atom is 0.216 e. The molecule has 0 radical (unpaired) electrons. The van der Waals surface area contributed by atoms with E-state index in [1.807, 2.05) is 24.4 Å². The molecule has 1 aromatic carbocycles. The van der Waals surface area contributed by atoms with Crippen molar-refractivity contribution in [2.75, 3.05) is 6.54 Å². The number of aromatic nitrogens is 2. The Morgan fingerprint density at radius 1 is 1.45 bits per heavy atom. The minimum absolute atomic E-state index is 0.0111. The lowest BCUT2D eigenvalue weighted by molar-refractivity contribution is -0.120. The molecule has 0 saturated heterocycles. The molecule has 1 amide bonds. The number of ether oxygens (including phenoxy) is 1. The maximum absolute atomic E-state index is 11.0. The Bertz CT molecular complexity index is 607. The van der Waals surface area contributed by atoms with Crippen molar-refractivity contribution in [3.8, 4) is 11.3 Å². The number of amides is 1. The molecule has 5 nitrogen and oxygen atoms in total. The molecule has 0 aliphatic carbocycles. The zero-order valence-corrected chi connectivity index (χ0v) is 11.4. The van der Waals surface area contributed by atoms with Crippen LogP contribution in [0, 0.1) is 0 Å². The molecule has 1 aromatic heterocycles. The summed E-state index contributed by atoms with van der Waals surface area (Å²) in [6.45, 7) is 3.24. The number of carbonyl (C=O) groups excluding carboxylic acids is 1. The first-order chi connectivity index (χ1) is 9.74. The van der Waals surface area contributed by atoms with E-state index < -0.39 is 0 Å². The van der Waals surface area contributed by atoms with Gasteiger partial charge in [0, 0.05) is 13.5 Å². The lowest BCUT2D eigenvalue weighted by Crippen LogP contribution is -2.38. The summed E-state index contributed by atoms with van der Waals surface area (Å²) in [6, 6.07) is 10.2. The van der Waals surface area contributed by atoms with Crippen molar-refractivity contribution in [2.24, 2.45) is 0 Å². The van der Waals surface area contributed by atoms with Gasteiger partial charge in [0.05, 0.1) is 24.5 Å². The smallest absolute Gasteiger partial charge is 0.216 e. The number of rotatable bonds is 3. The van der Waals surface area contributed by atoms with Gasteiger partial charge < -0.3 is 14.6 Å². The summed E-state index contributed by atoms with van der Waals surface area (Å²) < 4.78 is 7.88. The lowest BCUT2D eigenvalue weighted by Gasteiger charge is -2.26. The molecule has 1 aliphatic heterocycles. The Balaban J connectivity index is 1.81. The third-order valence-electron chi connectivity index (χ3n) is 3.42. The van der Waals surface area contributed by atoms with Crippen LogP contribution in [-0.4, -0.2) is 28.1 Å². The zero-order valence-electron chi connectivity index (χ0n) is 11.4. The van der Waals surface area contributed by atoms with Gasteiger partial charge in [0.25, 0.3) is 0 Å². The summed E-state index contributed by atoms with van der Waals surface area (Å²) in [4.78, 5) is 15.4. The van der Waals surface area contributed by atoms with Gasteiger partial charge in [-0.3, -0.25) is 4.79 Å². The van der Waals surface area contributed by atoms with Crippen molar-refractivity contribution in [3.63, 3.8) is 0 Å². The Kier molecular flexibility index (Phi) is 3.52. The van der Waals surface area contributed by atoms with Gasteiger partial charge in [-0.15, -0.1) is 0 Å². The predicted octanol–water partition coefficient (Wildman–Crippen LogP) is 1.58. The van der Waals surface area contributed by atoms with E-state index in [0.29, 0.717) is 19.7 Å². The van der Waals surface area contributed by atoms with Crippen LogP contribution in [0.1, 0.15) is 12.7 Å². The second-order valence-corrected chi connectivity index (χ2v) is 4.91. The molecule has 0 fully saturated rings. The molecular weight excluding hydrogens is 254 g/mol. The van der Waals surface area contributed by atoms with Gasteiger partial charge in [0.15, 0.2) is 0 Å². The zero-order chi connectivity index (χ0) is 13.9. The minimum Gasteiger partial charge on any atom is -0.367 e. The first kappa shape index (κ1) is 12.9. The lowest BCUT2D eigenvalue weighted by atomic mass is 10.1. The van der Waals surface area contributed by atoms with E-state index in [4.69, 9.17) is 4.74 Å². The molecule has 0 bridgehead atoms. The number of carbonyl (C=O) groups is 1. The molecule has 0 spiro atoms. The van der Waals surface area contributed by atoms with Crippen molar-refractivity contribution < 1.29 is 9.53 Å². The third-order valence-corrected chi connectivity index (χ3v) is 3.42. The largest absolute Gasteiger partial charge is 0.367 e.